The van der Waals surface area contributed by atoms with Crippen LogP contribution in [0.25, 0.3) is 11.1 Å². The summed E-state index contributed by atoms with van der Waals surface area (Å²) >= 11 is 0. The van der Waals surface area contributed by atoms with E-state index < -0.39 is 163 Å². The molecule has 0 spiro atoms. The van der Waals surface area contributed by atoms with Gasteiger partial charge in [0.1, 0.15) is 6.61 Å². The van der Waals surface area contributed by atoms with Crippen LogP contribution in [0.4, 0.5) is 0 Å². The second kappa shape index (κ2) is 13.5. The predicted molar refractivity (Wildman–Crippen MR) is 172 cm³/mol. The molecule has 1 unspecified atom stereocenters. The molecule has 2 aliphatic rings. The minimum Gasteiger partial charge on any atom is -0.504 e. The van der Waals surface area contributed by atoms with Crippen LogP contribution in [0.3, 0.4) is 0 Å². The quantitative estimate of drug-likeness (QED) is 0.0789. The van der Waals surface area contributed by atoms with Crippen molar-refractivity contribution in [2.75, 3.05) is 6.61 Å². The number of hydrogen-bond donors (Lipinski definition) is 12. The third kappa shape index (κ3) is 6.23. The van der Waals surface area contributed by atoms with Crippen molar-refractivity contribution in [2.24, 2.45) is 0 Å². The Kier molecular flexibility index (Phi) is 9.01. The molecular formula is C34H22O22. The summed E-state index contributed by atoms with van der Waals surface area (Å²) < 4.78 is 26.2. The highest BCUT2D eigenvalue weighted by molar-refractivity contribution is 6.08. The van der Waals surface area contributed by atoms with Crippen LogP contribution in [0.2, 0.25) is 0 Å². The summed E-state index contributed by atoms with van der Waals surface area (Å²) in [6.45, 7) is -1.19. The second-order valence-electron chi connectivity index (χ2n) is 11.6. The fourth-order valence-corrected chi connectivity index (χ4v) is 5.38. The third-order valence-electron chi connectivity index (χ3n) is 8.08. The monoisotopic (exact) mass is 782 g/mol. The molecule has 0 saturated carbocycles. The van der Waals surface area contributed by atoms with E-state index in [4.69, 9.17) is 23.7 Å². The van der Waals surface area contributed by atoms with Gasteiger partial charge in [-0.25, -0.2) is 24.0 Å². The van der Waals surface area contributed by atoms with E-state index in [1.54, 1.807) is 0 Å². The second-order valence-corrected chi connectivity index (χ2v) is 11.6. The number of fused-ring (bicyclic) bond motifs is 4. The van der Waals surface area contributed by atoms with Crippen LogP contribution in [-0.2, 0) is 28.5 Å². The van der Waals surface area contributed by atoms with Crippen molar-refractivity contribution >= 4 is 29.8 Å². The maximum atomic E-state index is 14.0. The van der Waals surface area contributed by atoms with Crippen LogP contribution in [0.5, 0.6) is 69.0 Å². The molecule has 12 N–H and O–H groups in total. The lowest BCUT2D eigenvalue weighted by Crippen LogP contribution is -2.46. The average molecular weight is 783 g/mol. The predicted octanol–water partition coefficient (Wildman–Crippen LogP) is 1.37. The van der Waals surface area contributed by atoms with E-state index in [0.29, 0.717) is 36.4 Å². The zero-order chi connectivity index (χ0) is 41.1. The van der Waals surface area contributed by atoms with Crippen molar-refractivity contribution in [3.8, 4) is 80.1 Å². The molecule has 290 valence electrons. The van der Waals surface area contributed by atoms with E-state index in [2.05, 4.69) is 0 Å². The van der Waals surface area contributed by atoms with Crippen LogP contribution in [0.1, 0.15) is 41.4 Å². The van der Waals surface area contributed by atoms with Crippen LogP contribution in [-0.4, -0.2) is 110 Å². The Morgan fingerprint density at radius 1 is 0.500 bits per heavy atom. The van der Waals surface area contributed by atoms with Crippen LogP contribution in [0, 0.1) is 0 Å². The molecule has 2 heterocycles. The van der Waals surface area contributed by atoms with Gasteiger partial charge in [0.25, 0.3) is 5.76 Å². The number of carbonyl (C=O) groups is 5. The molecule has 0 saturated heterocycles. The van der Waals surface area contributed by atoms with E-state index >= 15 is 0 Å². The molecule has 4 aromatic rings. The number of rotatable bonds is 4. The summed E-state index contributed by atoms with van der Waals surface area (Å²) in [6.07, 6.45) is -4.50. The maximum absolute atomic E-state index is 14.0. The van der Waals surface area contributed by atoms with Gasteiger partial charge >= 0.3 is 29.8 Å². The number of cyclic esters (lactones) is 1. The zero-order valence-electron chi connectivity index (χ0n) is 27.3. The minimum absolute atomic E-state index is 0.426. The molecule has 56 heavy (non-hydrogen) atoms. The first-order chi connectivity index (χ1) is 26.3. The van der Waals surface area contributed by atoms with Crippen molar-refractivity contribution < 1.29 is 109 Å². The SMILES string of the molecule is O=C1O[C@H]2COC(=O)c3cc(O)c(O)c(O)c3-c3c(cc(O)c(O)c3O)C(=O)OC2C(OC(=O)c2cc(O)c(O)c(O)c2)=C1OC(=O)c1cc(O)c(O)c(O)c1. The van der Waals surface area contributed by atoms with E-state index in [-0.39, 0.29) is 0 Å². The van der Waals surface area contributed by atoms with Gasteiger partial charge in [-0.1, -0.05) is 0 Å². The number of ether oxygens (including phenoxy) is 5. The van der Waals surface area contributed by atoms with Gasteiger partial charge in [0.05, 0.1) is 22.3 Å². The molecule has 6 rings (SSSR count). The lowest BCUT2D eigenvalue weighted by Gasteiger charge is -2.32. The summed E-state index contributed by atoms with van der Waals surface area (Å²) in [6, 6.07) is 3.15. The number of hydrogen-bond acceptors (Lipinski definition) is 22. The molecule has 0 radical (unpaired) electrons. The van der Waals surface area contributed by atoms with Gasteiger partial charge in [0.15, 0.2) is 63.6 Å². The number of phenolic OH excluding ortho intramolecular Hbond substituents is 12. The summed E-state index contributed by atoms with van der Waals surface area (Å²) in [5.74, 6) is -25.3. The van der Waals surface area contributed by atoms with Gasteiger partial charge < -0.3 is 85.0 Å². The Labute approximate surface area is 307 Å². The first-order valence-corrected chi connectivity index (χ1v) is 15.1. The van der Waals surface area contributed by atoms with E-state index in [1.165, 1.54) is 0 Å². The van der Waals surface area contributed by atoms with Crippen molar-refractivity contribution in [1.82, 2.24) is 0 Å². The molecule has 2 aliphatic heterocycles. The van der Waals surface area contributed by atoms with Gasteiger partial charge in [-0.2, -0.15) is 0 Å². The average Bonchev–Trinajstić information content (AvgIpc) is 3.16. The lowest BCUT2D eigenvalue weighted by molar-refractivity contribution is -0.162. The number of esters is 5. The first kappa shape index (κ1) is 37.3. The van der Waals surface area contributed by atoms with Crippen molar-refractivity contribution in [3.05, 3.63) is 70.2 Å². The minimum atomic E-state index is -2.40. The standard InChI is InChI=1S/C34H22O22/c35-12-1-8(2-13(36)21(12)41)30(47)55-28-27-18(53-34(51)29(28)56-31(48)9-3-14(37)22(42)15(38)4-9)7-52-32(49)10-5-16(39)23(43)25(45)19(10)20-11(33(50)54-27)6-17(40)24(44)26(20)46/h1-6,18,27,35-46H,7H2/t18-,27?/m0/s1. The molecular weight excluding hydrogens is 760 g/mol. The molecule has 0 aromatic heterocycles. The summed E-state index contributed by atoms with van der Waals surface area (Å²) in [4.78, 5) is 67.5. The van der Waals surface area contributed by atoms with Crippen LogP contribution < -0.4 is 0 Å². The van der Waals surface area contributed by atoms with Crippen molar-refractivity contribution in [1.29, 1.82) is 0 Å². The van der Waals surface area contributed by atoms with Gasteiger partial charge in [-0.05, 0) is 36.4 Å². The van der Waals surface area contributed by atoms with Gasteiger partial charge in [0.2, 0.25) is 23.4 Å². The highest BCUT2D eigenvalue weighted by Crippen LogP contribution is 2.53. The number of phenols is 12. The molecule has 0 aliphatic carbocycles. The molecule has 22 nitrogen and oxygen atoms in total. The molecule has 22 heteroatoms. The number of aromatic hydroxyl groups is 12. The smallest absolute Gasteiger partial charge is 0.378 e. The highest BCUT2D eigenvalue weighted by Gasteiger charge is 2.47. The topological polar surface area (TPSA) is 374 Å². The molecule has 2 atom stereocenters. The Morgan fingerprint density at radius 3 is 1.38 bits per heavy atom. The molecule has 0 fully saturated rings. The Hall–Kier alpha value is -8.43. The van der Waals surface area contributed by atoms with Crippen LogP contribution >= 0.6 is 0 Å². The van der Waals surface area contributed by atoms with E-state index in [9.17, 15) is 85.3 Å². The summed E-state index contributed by atoms with van der Waals surface area (Å²) in [5.41, 5.74) is -5.56. The van der Waals surface area contributed by atoms with Gasteiger partial charge in [-0.15, -0.1) is 0 Å². The highest BCUT2D eigenvalue weighted by atomic mass is 16.7. The third-order valence-corrected chi connectivity index (χ3v) is 8.08. The number of carbonyl (C=O) groups excluding carboxylic acids is 5. The largest absolute Gasteiger partial charge is 0.504 e. The van der Waals surface area contributed by atoms with Crippen LogP contribution in [0.15, 0.2) is 47.9 Å². The Bertz CT molecular complexity index is 2420. The van der Waals surface area contributed by atoms with Gasteiger partial charge in [0, 0.05) is 11.1 Å². The fourth-order valence-electron chi connectivity index (χ4n) is 5.38. The first-order valence-electron chi connectivity index (χ1n) is 15.1. The lowest BCUT2D eigenvalue weighted by atomic mass is 9.92. The van der Waals surface area contributed by atoms with E-state index in [1.807, 2.05) is 0 Å². The normalized spacial score (nSPS) is 16.5. The maximum Gasteiger partial charge on any atom is 0.378 e. The molecule has 4 aromatic carbocycles. The zero-order valence-corrected chi connectivity index (χ0v) is 27.3. The number of benzene rings is 4. The summed E-state index contributed by atoms with van der Waals surface area (Å²) in [7, 11) is 0. The Balaban J connectivity index is 1.56. The molecule has 0 bridgehead atoms. The van der Waals surface area contributed by atoms with Crippen molar-refractivity contribution in [2.45, 2.75) is 12.2 Å². The van der Waals surface area contributed by atoms with Gasteiger partial charge in [-0.3, -0.25) is 0 Å². The van der Waals surface area contributed by atoms with Crippen molar-refractivity contribution in [3.63, 3.8) is 0 Å². The summed E-state index contributed by atoms with van der Waals surface area (Å²) in [5, 5.41) is 122. The Morgan fingerprint density at radius 2 is 0.911 bits per heavy atom. The van der Waals surface area contributed by atoms with E-state index in [0.717, 1.165) is 0 Å². The molecule has 0 amide bonds. The fraction of sp³-hybridized carbons (Fsp3) is 0.0882.